The molecule has 4 amide bonds. The Balaban J connectivity index is 1.81. The van der Waals surface area contributed by atoms with Crippen LogP contribution in [0.5, 0.6) is 0 Å². The van der Waals surface area contributed by atoms with Gasteiger partial charge in [0.15, 0.2) is 11.9 Å². The monoisotopic (exact) mass is 590 g/mol. The van der Waals surface area contributed by atoms with Gasteiger partial charge in [0.25, 0.3) is 5.91 Å². The molecule has 1 saturated carbocycles. The van der Waals surface area contributed by atoms with Crippen LogP contribution < -0.4 is 16.0 Å². The van der Waals surface area contributed by atoms with E-state index in [1.165, 1.54) is 4.90 Å². The van der Waals surface area contributed by atoms with Crippen molar-refractivity contribution in [1.29, 1.82) is 0 Å². The number of amides is 4. The predicted molar refractivity (Wildman–Crippen MR) is 139 cm³/mol. The Morgan fingerprint density at radius 3 is 2.22 bits per heavy atom. The summed E-state index contributed by atoms with van der Waals surface area (Å²) in [5, 5.41) is 7.77. The van der Waals surface area contributed by atoms with Crippen molar-refractivity contribution in [3.05, 3.63) is 0 Å². The number of alkyl halides is 3. The quantitative estimate of drug-likeness (QED) is 0.374. The molecule has 2 heterocycles. The van der Waals surface area contributed by atoms with Gasteiger partial charge in [-0.3, -0.25) is 23.9 Å². The molecule has 0 aromatic heterocycles. The van der Waals surface area contributed by atoms with Crippen molar-refractivity contribution in [3.63, 3.8) is 0 Å². The fourth-order valence-electron chi connectivity index (χ4n) is 5.20. The molecule has 4 atom stereocenters. The highest BCUT2D eigenvalue weighted by Crippen LogP contribution is 2.55. The van der Waals surface area contributed by atoms with Crippen LogP contribution in [0.2, 0.25) is 0 Å². The maximum atomic E-state index is 13.9. The van der Waals surface area contributed by atoms with Crippen LogP contribution in [0, 0.1) is 16.7 Å². The van der Waals surface area contributed by atoms with Crippen molar-refractivity contribution in [3.8, 4) is 0 Å². The van der Waals surface area contributed by atoms with E-state index in [4.69, 9.17) is 4.74 Å². The first-order valence-corrected chi connectivity index (χ1v) is 13.8. The largest absolute Gasteiger partial charge is 0.522 e. The van der Waals surface area contributed by atoms with E-state index in [2.05, 4.69) is 20.7 Å². The fraction of sp³-hybridized carbons (Fsp3) is 0.815. The number of ether oxygens (including phenoxy) is 2. The fourth-order valence-corrected chi connectivity index (χ4v) is 5.20. The summed E-state index contributed by atoms with van der Waals surface area (Å²) < 4.78 is 47.2. The molecule has 0 unspecified atom stereocenters. The van der Waals surface area contributed by atoms with Gasteiger partial charge in [0, 0.05) is 30.0 Å². The molecule has 11 nitrogen and oxygen atoms in total. The first kappa shape index (κ1) is 32.6. The summed E-state index contributed by atoms with van der Waals surface area (Å²) in [6, 6.07) is -2.47. The van der Waals surface area contributed by atoms with Crippen LogP contribution in [0.15, 0.2) is 0 Å². The van der Waals surface area contributed by atoms with Crippen molar-refractivity contribution in [2.24, 2.45) is 16.7 Å². The van der Waals surface area contributed by atoms with Gasteiger partial charge < -0.3 is 25.6 Å². The average molecular weight is 591 g/mol. The Morgan fingerprint density at radius 1 is 1.10 bits per heavy atom. The molecule has 1 aliphatic carbocycles. The minimum atomic E-state index is -5.05. The Hall–Kier alpha value is -2.90. The molecule has 0 bridgehead atoms. The van der Waals surface area contributed by atoms with Gasteiger partial charge in [0.1, 0.15) is 12.6 Å². The average Bonchev–Trinajstić information content (AvgIpc) is 3.27. The molecule has 41 heavy (non-hydrogen) atoms. The topological polar surface area (TPSA) is 143 Å². The maximum Gasteiger partial charge on any atom is 0.522 e. The van der Waals surface area contributed by atoms with Crippen LogP contribution in [0.25, 0.3) is 0 Å². The van der Waals surface area contributed by atoms with Crippen molar-refractivity contribution < 1.29 is 46.6 Å². The van der Waals surface area contributed by atoms with E-state index in [0.29, 0.717) is 19.4 Å². The second kappa shape index (κ2) is 11.8. The molecule has 0 aromatic rings. The lowest BCUT2D eigenvalue weighted by molar-refractivity contribution is -0.321. The zero-order valence-corrected chi connectivity index (χ0v) is 24.4. The van der Waals surface area contributed by atoms with Gasteiger partial charge in [-0.1, -0.05) is 20.8 Å². The van der Waals surface area contributed by atoms with Crippen molar-refractivity contribution in [1.82, 2.24) is 20.9 Å². The van der Waals surface area contributed by atoms with E-state index < -0.39 is 71.7 Å². The number of carbonyl (C=O) groups is 5. The van der Waals surface area contributed by atoms with E-state index in [0.717, 1.165) is 12.8 Å². The van der Waals surface area contributed by atoms with Crippen molar-refractivity contribution in [2.75, 3.05) is 19.7 Å². The first-order valence-electron chi connectivity index (χ1n) is 13.8. The molecule has 0 radical (unpaired) electrons. The van der Waals surface area contributed by atoms with Crippen LogP contribution in [0.3, 0.4) is 0 Å². The summed E-state index contributed by atoms with van der Waals surface area (Å²) in [4.78, 5) is 66.2. The maximum absolute atomic E-state index is 13.9. The highest BCUT2D eigenvalue weighted by Gasteiger charge is 2.57. The standard InChI is InChI=1S/C27H41F3N4O7/c1-24(2,3)19(41-23(39)33-25(4,5)6)22(38)34-14-26(8-9-26)12-17(34)21(37)32-16(11-15-7-10-31-20(15)36)18(35)13-40-27(28,29)30/h15-17,19H,7-14H2,1-6H3,(H,31,36)(H,32,37)(H,33,39)/t15-,16-,17-,19-/m0/s1. The molecule has 3 aliphatic rings. The Bertz CT molecular complexity index is 1050. The number of hydrogen-bond donors (Lipinski definition) is 3. The second-order valence-corrected chi connectivity index (χ2v) is 13.5. The molecular formula is C27H41F3N4O7. The Morgan fingerprint density at radius 2 is 1.73 bits per heavy atom. The Labute approximate surface area is 237 Å². The predicted octanol–water partition coefficient (Wildman–Crippen LogP) is 2.42. The van der Waals surface area contributed by atoms with E-state index in [9.17, 15) is 37.1 Å². The smallest absolute Gasteiger partial charge is 0.436 e. The van der Waals surface area contributed by atoms with Gasteiger partial charge in [0.05, 0.1) is 6.04 Å². The molecule has 14 heteroatoms. The number of likely N-dealkylation sites (tertiary alicyclic amines) is 1. The summed E-state index contributed by atoms with van der Waals surface area (Å²) in [6.07, 6.45) is -5.10. The molecular weight excluding hydrogens is 549 g/mol. The summed E-state index contributed by atoms with van der Waals surface area (Å²) in [7, 11) is 0. The van der Waals surface area contributed by atoms with Crippen LogP contribution in [-0.2, 0) is 28.7 Å². The number of nitrogens with one attached hydrogen (secondary N) is 3. The summed E-state index contributed by atoms with van der Waals surface area (Å²) in [5.74, 6) is -3.38. The lowest BCUT2D eigenvalue weighted by Crippen LogP contribution is -2.56. The third kappa shape index (κ3) is 9.04. The zero-order valence-electron chi connectivity index (χ0n) is 24.4. The van der Waals surface area contributed by atoms with E-state index in [1.807, 2.05) is 0 Å². The number of Topliss-reactive ketones (excluding diaryl/α,β-unsaturated/α-hetero) is 1. The van der Waals surface area contributed by atoms with Crippen LogP contribution in [0.4, 0.5) is 18.0 Å². The summed E-state index contributed by atoms with van der Waals surface area (Å²) >= 11 is 0. The number of rotatable bonds is 9. The van der Waals surface area contributed by atoms with Crippen molar-refractivity contribution >= 4 is 29.6 Å². The molecule has 3 fully saturated rings. The summed E-state index contributed by atoms with van der Waals surface area (Å²) in [6.45, 7) is 9.69. The van der Waals surface area contributed by atoms with Gasteiger partial charge in [-0.25, -0.2) is 4.79 Å². The van der Waals surface area contributed by atoms with E-state index in [-0.39, 0.29) is 24.3 Å². The number of hydrogen-bond acceptors (Lipinski definition) is 7. The highest BCUT2D eigenvalue weighted by atomic mass is 19.4. The van der Waals surface area contributed by atoms with E-state index in [1.54, 1.807) is 41.5 Å². The normalized spacial score (nSPS) is 23.5. The number of carbonyl (C=O) groups excluding carboxylic acids is 5. The third-order valence-corrected chi connectivity index (χ3v) is 7.53. The molecule has 232 valence electrons. The van der Waals surface area contributed by atoms with Gasteiger partial charge in [0.2, 0.25) is 11.8 Å². The minimum absolute atomic E-state index is 0.204. The summed E-state index contributed by atoms with van der Waals surface area (Å²) in [5.41, 5.74) is -1.75. The number of ketones is 1. The van der Waals surface area contributed by atoms with Crippen LogP contribution in [-0.4, -0.2) is 84.3 Å². The molecule has 0 aromatic carbocycles. The lowest BCUT2D eigenvalue weighted by atomic mass is 9.88. The molecule has 3 N–H and O–H groups in total. The molecule has 2 saturated heterocycles. The van der Waals surface area contributed by atoms with Crippen LogP contribution in [0.1, 0.15) is 73.6 Å². The van der Waals surface area contributed by atoms with Crippen molar-refractivity contribution in [2.45, 2.75) is 104 Å². The molecule has 2 aliphatic heterocycles. The Kier molecular flexibility index (Phi) is 9.36. The van der Waals surface area contributed by atoms with Gasteiger partial charge >= 0.3 is 12.5 Å². The number of halogens is 3. The third-order valence-electron chi connectivity index (χ3n) is 7.53. The van der Waals surface area contributed by atoms with Gasteiger partial charge in [-0.2, -0.15) is 0 Å². The first-order chi connectivity index (χ1) is 18.7. The molecule has 1 spiro atoms. The van der Waals surface area contributed by atoms with Crippen LogP contribution >= 0.6 is 0 Å². The highest BCUT2D eigenvalue weighted by molar-refractivity contribution is 5.95. The zero-order chi connectivity index (χ0) is 31.0. The van der Waals surface area contributed by atoms with Gasteiger partial charge in [-0.15, -0.1) is 13.2 Å². The SMILES string of the molecule is CC(C)(C)NC(=O)O[C@@H](C(=O)N1CC2(CC2)C[C@H]1C(=O)N[C@@H](C[C@@H]1CCNC1=O)C(=O)COC(F)(F)F)C(C)(C)C. The molecule has 3 rings (SSSR count). The lowest BCUT2D eigenvalue weighted by Gasteiger charge is -2.35. The number of alkyl carbamates (subject to hydrolysis) is 1. The minimum Gasteiger partial charge on any atom is -0.436 e. The van der Waals surface area contributed by atoms with E-state index >= 15 is 0 Å². The van der Waals surface area contributed by atoms with Gasteiger partial charge in [-0.05, 0) is 58.3 Å². The number of nitrogens with zero attached hydrogens (tertiary/aromatic N) is 1. The second-order valence-electron chi connectivity index (χ2n) is 13.5.